The molecule has 0 aliphatic carbocycles. The molecular formula is C19H18ClF2NO3. The Kier molecular flexibility index (Phi) is 7.41. The molecule has 0 atom stereocenters. The number of halogens is 3. The van der Waals surface area contributed by atoms with Crippen molar-refractivity contribution in [3.05, 3.63) is 64.7 Å². The van der Waals surface area contributed by atoms with E-state index < -0.39 is 6.61 Å². The summed E-state index contributed by atoms with van der Waals surface area (Å²) >= 11 is 5.82. The molecule has 0 aliphatic heterocycles. The van der Waals surface area contributed by atoms with E-state index in [-0.39, 0.29) is 17.4 Å². The molecule has 4 nitrogen and oxygen atoms in total. The van der Waals surface area contributed by atoms with Crippen LogP contribution in [0.3, 0.4) is 0 Å². The maximum absolute atomic E-state index is 12.6. The summed E-state index contributed by atoms with van der Waals surface area (Å²) < 4.78 is 34.7. The van der Waals surface area contributed by atoms with Crippen molar-refractivity contribution < 1.29 is 23.0 Å². The van der Waals surface area contributed by atoms with Gasteiger partial charge < -0.3 is 14.8 Å². The molecule has 0 aromatic heterocycles. The Balaban J connectivity index is 1.95. The number of methoxy groups -OCH3 is 1. The first-order valence-corrected chi connectivity index (χ1v) is 8.19. The standard InChI is InChI=1S/C19H18ClF2NO3/c1-25-16-4-2-3-14(18(16)26-19(21)22)7-10-17(24)23-12-11-13-5-8-15(20)9-6-13/h2-10,19H,11-12H2,1H3,(H,23,24)/b10-7+. The van der Waals surface area contributed by atoms with Gasteiger partial charge in [0.2, 0.25) is 5.91 Å². The lowest BCUT2D eigenvalue weighted by molar-refractivity contribution is -0.116. The zero-order valence-electron chi connectivity index (χ0n) is 14.0. The molecular weight excluding hydrogens is 364 g/mol. The number of carbonyl (C=O) groups is 1. The highest BCUT2D eigenvalue weighted by Crippen LogP contribution is 2.33. The number of hydrogen-bond acceptors (Lipinski definition) is 3. The number of nitrogens with one attached hydrogen (secondary N) is 1. The Morgan fingerprint density at radius 3 is 2.62 bits per heavy atom. The van der Waals surface area contributed by atoms with Gasteiger partial charge in [-0.3, -0.25) is 4.79 Å². The van der Waals surface area contributed by atoms with E-state index in [0.29, 0.717) is 23.6 Å². The topological polar surface area (TPSA) is 47.6 Å². The summed E-state index contributed by atoms with van der Waals surface area (Å²) in [4.78, 5) is 11.9. The van der Waals surface area contributed by atoms with Gasteiger partial charge in [0.25, 0.3) is 0 Å². The Bertz CT molecular complexity index is 764. The van der Waals surface area contributed by atoms with Crippen LogP contribution in [0.15, 0.2) is 48.5 Å². The van der Waals surface area contributed by atoms with Crippen LogP contribution in [0, 0.1) is 0 Å². The van der Waals surface area contributed by atoms with E-state index >= 15 is 0 Å². The molecule has 0 aliphatic rings. The normalized spacial score (nSPS) is 11.0. The van der Waals surface area contributed by atoms with Gasteiger partial charge in [-0.15, -0.1) is 0 Å². The molecule has 0 unspecified atom stereocenters. The number of benzene rings is 2. The maximum atomic E-state index is 12.6. The molecule has 0 saturated carbocycles. The molecule has 0 bridgehead atoms. The van der Waals surface area contributed by atoms with Gasteiger partial charge >= 0.3 is 6.61 Å². The third-order valence-corrected chi connectivity index (χ3v) is 3.73. The summed E-state index contributed by atoms with van der Waals surface area (Å²) in [6.07, 6.45) is 3.31. The third kappa shape index (κ3) is 6.04. The lowest BCUT2D eigenvalue weighted by Gasteiger charge is -2.12. The van der Waals surface area contributed by atoms with Crippen molar-refractivity contribution in [1.29, 1.82) is 0 Å². The molecule has 0 saturated heterocycles. The lowest BCUT2D eigenvalue weighted by Crippen LogP contribution is -2.23. The Morgan fingerprint density at radius 1 is 1.23 bits per heavy atom. The number of carbonyl (C=O) groups excluding carboxylic acids is 1. The minimum Gasteiger partial charge on any atom is -0.493 e. The first-order chi connectivity index (χ1) is 12.5. The van der Waals surface area contributed by atoms with Crippen molar-refractivity contribution in [2.24, 2.45) is 0 Å². The van der Waals surface area contributed by atoms with E-state index in [9.17, 15) is 13.6 Å². The minimum atomic E-state index is -2.99. The van der Waals surface area contributed by atoms with Crippen molar-refractivity contribution in [2.75, 3.05) is 13.7 Å². The van der Waals surface area contributed by atoms with Crippen molar-refractivity contribution >= 4 is 23.6 Å². The number of ether oxygens (including phenoxy) is 2. The molecule has 0 radical (unpaired) electrons. The van der Waals surface area contributed by atoms with Crippen molar-refractivity contribution in [3.63, 3.8) is 0 Å². The molecule has 26 heavy (non-hydrogen) atoms. The van der Waals surface area contributed by atoms with Crippen molar-refractivity contribution in [2.45, 2.75) is 13.0 Å². The van der Waals surface area contributed by atoms with Crippen LogP contribution in [0.5, 0.6) is 11.5 Å². The van der Waals surface area contributed by atoms with E-state index in [1.54, 1.807) is 24.3 Å². The van der Waals surface area contributed by atoms with Crippen LogP contribution in [0.2, 0.25) is 5.02 Å². The van der Waals surface area contributed by atoms with E-state index in [1.807, 2.05) is 12.1 Å². The first kappa shape index (κ1) is 19.7. The highest BCUT2D eigenvalue weighted by Gasteiger charge is 2.13. The van der Waals surface area contributed by atoms with Crippen LogP contribution in [-0.4, -0.2) is 26.2 Å². The predicted molar refractivity (Wildman–Crippen MR) is 96.8 cm³/mol. The van der Waals surface area contributed by atoms with Crippen LogP contribution in [0.4, 0.5) is 8.78 Å². The number of hydrogen-bond donors (Lipinski definition) is 1. The Labute approximate surface area is 155 Å². The molecule has 2 aromatic carbocycles. The first-order valence-electron chi connectivity index (χ1n) is 7.81. The van der Waals surface area contributed by atoms with Gasteiger partial charge in [-0.05, 0) is 36.3 Å². The largest absolute Gasteiger partial charge is 0.493 e. The second-order valence-corrected chi connectivity index (χ2v) is 5.69. The van der Waals surface area contributed by atoms with Crippen LogP contribution in [0.25, 0.3) is 6.08 Å². The number of rotatable bonds is 8. The summed E-state index contributed by atoms with van der Waals surface area (Å²) in [5.74, 6) is -0.296. The summed E-state index contributed by atoms with van der Waals surface area (Å²) in [6, 6.07) is 12.0. The minimum absolute atomic E-state index is 0.116. The molecule has 1 amide bonds. The SMILES string of the molecule is COc1cccc(/C=C/C(=O)NCCc2ccc(Cl)cc2)c1OC(F)F. The molecule has 0 spiro atoms. The van der Waals surface area contributed by atoms with Gasteiger partial charge in [0.05, 0.1) is 7.11 Å². The molecule has 7 heteroatoms. The zero-order chi connectivity index (χ0) is 18.9. The molecule has 1 N–H and O–H groups in total. The molecule has 0 fully saturated rings. The Hall–Kier alpha value is -2.60. The van der Waals surface area contributed by atoms with Gasteiger partial charge in [-0.2, -0.15) is 8.78 Å². The zero-order valence-corrected chi connectivity index (χ0v) is 14.8. The fourth-order valence-electron chi connectivity index (χ4n) is 2.25. The van der Waals surface area contributed by atoms with Gasteiger partial charge in [0, 0.05) is 23.2 Å². The third-order valence-electron chi connectivity index (χ3n) is 3.48. The summed E-state index contributed by atoms with van der Waals surface area (Å²) in [5, 5.41) is 3.38. The number of alkyl halides is 2. The number of amides is 1. The van der Waals surface area contributed by atoms with Crippen molar-refractivity contribution in [3.8, 4) is 11.5 Å². The highest BCUT2D eigenvalue weighted by atomic mass is 35.5. The van der Waals surface area contributed by atoms with Crippen LogP contribution in [0.1, 0.15) is 11.1 Å². The van der Waals surface area contributed by atoms with Gasteiger partial charge in [-0.25, -0.2) is 0 Å². The monoisotopic (exact) mass is 381 g/mol. The summed E-state index contributed by atoms with van der Waals surface area (Å²) in [5.41, 5.74) is 1.36. The average molecular weight is 382 g/mol. The average Bonchev–Trinajstić information content (AvgIpc) is 2.62. The maximum Gasteiger partial charge on any atom is 0.387 e. The van der Waals surface area contributed by atoms with E-state index in [4.69, 9.17) is 16.3 Å². The predicted octanol–water partition coefficient (Wildman–Crippen LogP) is 4.32. The van der Waals surface area contributed by atoms with E-state index in [0.717, 1.165) is 5.56 Å². The fraction of sp³-hybridized carbons (Fsp3) is 0.211. The fourth-order valence-corrected chi connectivity index (χ4v) is 2.37. The second kappa shape index (κ2) is 9.77. The Morgan fingerprint density at radius 2 is 1.96 bits per heavy atom. The quantitative estimate of drug-likeness (QED) is 0.693. The molecule has 0 heterocycles. The molecule has 2 rings (SSSR count). The summed E-state index contributed by atoms with van der Waals surface area (Å²) in [7, 11) is 1.35. The van der Waals surface area contributed by atoms with E-state index in [2.05, 4.69) is 10.1 Å². The molecule has 138 valence electrons. The second-order valence-electron chi connectivity index (χ2n) is 5.26. The van der Waals surface area contributed by atoms with Crippen LogP contribution >= 0.6 is 11.6 Å². The lowest BCUT2D eigenvalue weighted by atomic mass is 10.1. The van der Waals surface area contributed by atoms with Gasteiger partial charge in [0.15, 0.2) is 11.5 Å². The van der Waals surface area contributed by atoms with Crippen LogP contribution < -0.4 is 14.8 Å². The highest BCUT2D eigenvalue weighted by molar-refractivity contribution is 6.30. The van der Waals surface area contributed by atoms with Crippen molar-refractivity contribution in [1.82, 2.24) is 5.32 Å². The molecule has 2 aromatic rings. The van der Waals surface area contributed by atoms with Crippen LogP contribution in [-0.2, 0) is 11.2 Å². The summed E-state index contributed by atoms with van der Waals surface area (Å²) in [6.45, 7) is -2.56. The smallest absolute Gasteiger partial charge is 0.387 e. The van der Waals surface area contributed by atoms with E-state index in [1.165, 1.54) is 25.3 Å². The van der Waals surface area contributed by atoms with Gasteiger partial charge in [0.1, 0.15) is 0 Å². The van der Waals surface area contributed by atoms with Gasteiger partial charge in [-0.1, -0.05) is 35.9 Å². The number of para-hydroxylation sites is 1.